The highest BCUT2D eigenvalue weighted by atomic mass is 16.5. The van der Waals surface area contributed by atoms with Gasteiger partial charge in [-0.25, -0.2) is 4.98 Å². The number of rotatable bonds is 1. The number of hydrogen-bond acceptors (Lipinski definition) is 4. The number of pyridine rings is 1. The van der Waals surface area contributed by atoms with Gasteiger partial charge in [0.25, 0.3) is 0 Å². The van der Waals surface area contributed by atoms with Crippen LogP contribution in [0.5, 0.6) is 5.88 Å². The molecule has 0 saturated carbocycles. The molecule has 0 spiro atoms. The Hall–Kier alpha value is -1.76. The lowest BCUT2D eigenvalue weighted by Crippen LogP contribution is -1.99. The summed E-state index contributed by atoms with van der Waals surface area (Å²) >= 11 is 0. The van der Waals surface area contributed by atoms with E-state index in [2.05, 4.69) is 4.98 Å². The third-order valence-corrected chi connectivity index (χ3v) is 1.45. The minimum atomic E-state index is 0.287. The molecular weight excluding hydrogens is 154 g/mol. The Bertz CT molecular complexity index is 341. The molecule has 0 amide bonds. The number of nitrogens with two attached hydrogens (primary N) is 1. The Morgan fingerprint density at radius 3 is 2.83 bits per heavy atom. The van der Waals surface area contributed by atoms with Crippen LogP contribution in [0.15, 0.2) is 6.07 Å². The zero-order valence-electron chi connectivity index (χ0n) is 6.96. The summed E-state index contributed by atoms with van der Waals surface area (Å²) in [4.78, 5) is 4.00. The van der Waals surface area contributed by atoms with E-state index in [1.807, 2.05) is 6.07 Å². The number of aromatic nitrogens is 1. The minimum absolute atomic E-state index is 0.287. The number of aryl methyl sites for hydroxylation is 1. The topological polar surface area (TPSA) is 71.9 Å². The summed E-state index contributed by atoms with van der Waals surface area (Å²) in [5.41, 5.74) is 7.00. The van der Waals surface area contributed by atoms with E-state index in [4.69, 9.17) is 15.7 Å². The third-order valence-electron chi connectivity index (χ3n) is 1.45. The Morgan fingerprint density at radius 1 is 1.67 bits per heavy atom. The number of ether oxygens (including phenoxy) is 1. The predicted octanol–water partition coefficient (Wildman–Crippen LogP) is 0.853. The molecule has 62 valence electrons. The highest BCUT2D eigenvalue weighted by Gasteiger charge is 2.08. The average Bonchev–Trinajstić information content (AvgIpc) is 2.03. The van der Waals surface area contributed by atoms with Crippen LogP contribution in [-0.2, 0) is 0 Å². The zero-order valence-corrected chi connectivity index (χ0v) is 6.96. The first-order valence-electron chi connectivity index (χ1n) is 3.40. The monoisotopic (exact) mass is 163 g/mol. The van der Waals surface area contributed by atoms with Crippen LogP contribution in [0.25, 0.3) is 0 Å². The van der Waals surface area contributed by atoms with E-state index in [0.29, 0.717) is 11.3 Å². The molecule has 0 aliphatic rings. The maximum Gasteiger partial charge on any atom is 0.233 e. The van der Waals surface area contributed by atoms with Crippen molar-refractivity contribution in [1.29, 1.82) is 5.26 Å². The number of nitrogens with zero attached hydrogens (tertiary/aromatic N) is 2. The summed E-state index contributed by atoms with van der Waals surface area (Å²) in [6.45, 7) is 1.79. The SMILES string of the molecule is COc1nc(C)cc(N)c1C#N. The first-order valence-corrected chi connectivity index (χ1v) is 3.40. The van der Waals surface area contributed by atoms with Gasteiger partial charge in [0.2, 0.25) is 5.88 Å². The van der Waals surface area contributed by atoms with Crippen LogP contribution >= 0.6 is 0 Å². The molecule has 0 radical (unpaired) electrons. The van der Waals surface area contributed by atoms with Crippen molar-refractivity contribution in [3.05, 3.63) is 17.3 Å². The van der Waals surface area contributed by atoms with Crippen LogP contribution in [0.1, 0.15) is 11.3 Å². The summed E-state index contributed by atoms with van der Waals surface area (Å²) in [6.07, 6.45) is 0. The summed E-state index contributed by atoms with van der Waals surface area (Å²) in [6, 6.07) is 3.57. The molecule has 4 heteroatoms. The van der Waals surface area contributed by atoms with Gasteiger partial charge < -0.3 is 10.5 Å². The van der Waals surface area contributed by atoms with E-state index < -0.39 is 0 Å². The third kappa shape index (κ3) is 1.30. The standard InChI is InChI=1S/C8H9N3O/c1-5-3-7(10)6(4-9)8(11-5)12-2/h3H,1-2H3,(H2,10,11). The predicted molar refractivity (Wildman–Crippen MR) is 44.7 cm³/mol. The van der Waals surface area contributed by atoms with E-state index in [1.165, 1.54) is 7.11 Å². The van der Waals surface area contributed by atoms with Crippen molar-refractivity contribution in [1.82, 2.24) is 4.98 Å². The van der Waals surface area contributed by atoms with Gasteiger partial charge in [-0.05, 0) is 13.0 Å². The van der Waals surface area contributed by atoms with Crippen molar-refractivity contribution in [2.45, 2.75) is 6.92 Å². The second-order valence-corrected chi connectivity index (χ2v) is 2.35. The molecule has 0 aromatic carbocycles. The lowest BCUT2D eigenvalue weighted by Gasteiger charge is -2.04. The van der Waals surface area contributed by atoms with Crippen molar-refractivity contribution >= 4 is 5.69 Å². The second kappa shape index (κ2) is 3.09. The molecule has 4 nitrogen and oxygen atoms in total. The Morgan fingerprint density at radius 2 is 2.33 bits per heavy atom. The molecule has 0 unspecified atom stereocenters. The van der Waals surface area contributed by atoms with Gasteiger partial charge in [-0.15, -0.1) is 0 Å². The molecule has 1 aromatic rings. The van der Waals surface area contributed by atoms with Crippen LogP contribution in [0.4, 0.5) is 5.69 Å². The second-order valence-electron chi connectivity index (χ2n) is 2.35. The van der Waals surface area contributed by atoms with Gasteiger partial charge in [-0.1, -0.05) is 0 Å². The first kappa shape index (κ1) is 8.34. The number of hydrogen-bond donors (Lipinski definition) is 1. The Balaban J connectivity index is 3.36. The number of methoxy groups -OCH3 is 1. The van der Waals surface area contributed by atoms with Crippen LogP contribution in [0, 0.1) is 18.3 Å². The summed E-state index contributed by atoms with van der Waals surface area (Å²) in [7, 11) is 1.46. The van der Waals surface area contributed by atoms with Crippen LogP contribution in [0.2, 0.25) is 0 Å². The fourth-order valence-corrected chi connectivity index (χ4v) is 0.929. The summed E-state index contributed by atoms with van der Waals surface area (Å²) < 4.78 is 4.88. The number of nitrogen functional groups attached to an aromatic ring is 1. The van der Waals surface area contributed by atoms with Gasteiger partial charge in [0.1, 0.15) is 11.6 Å². The van der Waals surface area contributed by atoms with Gasteiger partial charge in [0.15, 0.2) is 0 Å². The lowest BCUT2D eigenvalue weighted by atomic mass is 10.2. The molecule has 1 heterocycles. The quantitative estimate of drug-likeness (QED) is 0.666. The largest absolute Gasteiger partial charge is 0.480 e. The van der Waals surface area contributed by atoms with Crippen molar-refractivity contribution in [3.63, 3.8) is 0 Å². The van der Waals surface area contributed by atoms with Crippen LogP contribution in [0.3, 0.4) is 0 Å². The van der Waals surface area contributed by atoms with Gasteiger partial charge in [-0.2, -0.15) is 5.26 Å². The van der Waals surface area contributed by atoms with Crippen molar-refractivity contribution in [2.24, 2.45) is 0 Å². The maximum atomic E-state index is 8.67. The highest BCUT2D eigenvalue weighted by Crippen LogP contribution is 2.21. The van der Waals surface area contributed by atoms with Crippen molar-refractivity contribution < 1.29 is 4.74 Å². The normalized spacial score (nSPS) is 9.08. The number of nitriles is 1. The van der Waals surface area contributed by atoms with Gasteiger partial charge in [-0.3, -0.25) is 0 Å². The first-order chi connectivity index (χ1) is 5.69. The minimum Gasteiger partial charge on any atom is -0.480 e. The van der Waals surface area contributed by atoms with Gasteiger partial charge in [0.05, 0.1) is 12.8 Å². The molecule has 0 fully saturated rings. The molecule has 12 heavy (non-hydrogen) atoms. The van der Waals surface area contributed by atoms with Crippen LogP contribution in [-0.4, -0.2) is 12.1 Å². The molecule has 0 atom stereocenters. The smallest absolute Gasteiger partial charge is 0.233 e. The van der Waals surface area contributed by atoms with E-state index in [9.17, 15) is 0 Å². The van der Waals surface area contributed by atoms with E-state index >= 15 is 0 Å². The maximum absolute atomic E-state index is 8.67. The Kier molecular flexibility index (Phi) is 2.15. The molecule has 0 aliphatic heterocycles. The van der Waals surface area contributed by atoms with Gasteiger partial charge >= 0.3 is 0 Å². The molecule has 2 N–H and O–H groups in total. The molecule has 1 rings (SSSR count). The highest BCUT2D eigenvalue weighted by molar-refractivity contribution is 5.59. The fourth-order valence-electron chi connectivity index (χ4n) is 0.929. The molecule has 0 aliphatic carbocycles. The summed E-state index contributed by atoms with van der Waals surface area (Å²) in [5, 5.41) is 8.67. The molecule has 0 saturated heterocycles. The Labute approximate surface area is 70.6 Å². The molecular formula is C8H9N3O. The van der Waals surface area contributed by atoms with Crippen molar-refractivity contribution in [2.75, 3.05) is 12.8 Å². The van der Waals surface area contributed by atoms with E-state index in [-0.39, 0.29) is 5.88 Å². The van der Waals surface area contributed by atoms with Gasteiger partial charge in [0, 0.05) is 5.69 Å². The van der Waals surface area contributed by atoms with Crippen molar-refractivity contribution in [3.8, 4) is 11.9 Å². The van der Waals surface area contributed by atoms with E-state index in [0.717, 1.165) is 5.69 Å². The molecule has 1 aromatic heterocycles. The zero-order chi connectivity index (χ0) is 9.14. The van der Waals surface area contributed by atoms with Crippen LogP contribution < -0.4 is 10.5 Å². The lowest BCUT2D eigenvalue weighted by molar-refractivity contribution is 0.396. The fraction of sp³-hybridized carbons (Fsp3) is 0.250. The average molecular weight is 163 g/mol. The summed E-state index contributed by atoms with van der Waals surface area (Å²) in [5.74, 6) is 0.287. The molecule has 0 bridgehead atoms. The number of anilines is 1. The van der Waals surface area contributed by atoms with E-state index in [1.54, 1.807) is 13.0 Å².